The highest BCUT2D eigenvalue weighted by Gasteiger charge is 2.55. The third kappa shape index (κ3) is 1.55. The molecule has 2 aliphatic rings. The van der Waals surface area contributed by atoms with Gasteiger partial charge in [-0.15, -0.1) is 0 Å². The molecular formula is C9H16O5. The molecule has 82 valence electrons. The minimum absolute atomic E-state index is 0.208. The fourth-order valence-corrected chi connectivity index (χ4v) is 1.88. The zero-order chi connectivity index (χ0) is 10.3. The summed E-state index contributed by atoms with van der Waals surface area (Å²) < 4.78 is 27.0. The smallest absolute Gasteiger partial charge is 0.193 e. The van der Waals surface area contributed by atoms with Gasteiger partial charge in [-0.25, -0.2) is 0 Å². The van der Waals surface area contributed by atoms with Gasteiger partial charge in [-0.1, -0.05) is 0 Å². The number of hydrogen-bond acceptors (Lipinski definition) is 5. The molecule has 5 heteroatoms. The highest BCUT2D eigenvalue weighted by Crippen LogP contribution is 2.38. The molecule has 0 bridgehead atoms. The van der Waals surface area contributed by atoms with E-state index < -0.39 is 12.1 Å². The van der Waals surface area contributed by atoms with E-state index in [-0.39, 0.29) is 18.5 Å². The lowest BCUT2D eigenvalue weighted by molar-refractivity contribution is -0.257. The van der Waals surface area contributed by atoms with E-state index in [0.717, 1.165) is 0 Å². The molecule has 1 unspecified atom stereocenters. The molecule has 2 saturated heterocycles. The number of hydrogen-bond donors (Lipinski definition) is 0. The monoisotopic (exact) mass is 204 g/mol. The van der Waals surface area contributed by atoms with Crippen molar-refractivity contribution in [1.29, 1.82) is 0 Å². The van der Waals surface area contributed by atoms with Crippen molar-refractivity contribution in [2.45, 2.75) is 44.4 Å². The maximum absolute atomic E-state index is 5.66. The SMILES string of the molecule is COC1O[C@@H]2OC(C)(C)O[C@@H]2[C@H]1OC. The zero-order valence-corrected chi connectivity index (χ0v) is 8.85. The van der Waals surface area contributed by atoms with Crippen molar-refractivity contribution in [3.63, 3.8) is 0 Å². The van der Waals surface area contributed by atoms with E-state index in [1.807, 2.05) is 13.8 Å². The summed E-state index contributed by atoms with van der Waals surface area (Å²) in [7, 11) is 3.18. The highest BCUT2D eigenvalue weighted by atomic mass is 16.9. The molecule has 14 heavy (non-hydrogen) atoms. The van der Waals surface area contributed by atoms with E-state index in [1.165, 1.54) is 0 Å². The van der Waals surface area contributed by atoms with Gasteiger partial charge in [0.2, 0.25) is 0 Å². The van der Waals surface area contributed by atoms with Crippen LogP contribution in [0.2, 0.25) is 0 Å². The molecule has 0 saturated carbocycles. The summed E-state index contributed by atoms with van der Waals surface area (Å²) in [5, 5.41) is 0. The Labute approximate surface area is 83.2 Å². The maximum atomic E-state index is 5.66. The summed E-state index contributed by atoms with van der Waals surface area (Å²) in [6.07, 6.45) is -1.24. The van der Waals surface area contributed by atoms with Gasteiger partial charge in [0, 0.05) is 14.2 Å². The second-order valence-electron chi connectivity index (χ2n) is 3.91. The average molecular weight is 204 g/mol. The first-order chi connectivity index (χ1) is 6.57. The van der Waals surface area contributed by atoms with Gasteiger partial charge in [0.25, 0.3) is 0 Å². The third-order valence-electron chi connectivity index (χ3n) is 2.45. The van der Waals surface area contributed by atoms with E-state index in [4.69, 9.17) is 23.7 Å². The molecule has 0 spiro atoms. The van der Waals surface area contributed by atoms with Gasteiger partial charge in [-0.2, -0.15) is 0 Å². The molecular weight excluding hydrogens is 188 g/mol. The van der Waals surface area contributed by atoms with Crippen LogP contribution >= 0.6 is 0 Å². The van der Waals surface area contributed by atoms with Gasteiger partial charge in [0.1, 0.15) is 12.2 Å². The van der Waals surface area contributed by atoms with Crippen LogP contribution in [0.25, 0.3) is 0 Å². The van der Waals surface area contributed by atoms with Crippen LogP contribution < -0.4 is 0 Å². The number of methoxy groups -OCH3 is 2. The zero-order valence-electron chi connectivity index (χ0n) is 8.85. The molecule has 5 nitrogen and oxygen atoms in total. The molecule has 0 aliphatic carbocycles. The van der Waals surface area contributed by atoms with Crippen molar-refractivity contribution in [2.24, 2.45) is 0 Å². The van der Waals surface area contributed by atoms with Gasteiger partial charge >= 0.3 is 0 Å². The molecule has 0 radical (unpaired) electrons. The van der Waals surface area contributed by atoms with Crippen LogP contribution in [0.3, 0.4) is 0 Å². The van der Waals surface area contributed by atoms with Crippen LogP contribution in [0.15, 0.2) is 0 Å². The Morgan fingerprint density at radius 1 is 1.07 bits per heavy atom. The second-order valence-corrected chi connectivity index (χ2v) is 3.91. The first-order valence-corrected chi connectivity index (χ1v) is 4.64. The van der Waals surface area contributed by atoms with Gasteiger partial charge in [-0.3, -0.25) is 0 Å². The lowest BCUT2D eigenvalue weighted by Crippen LogP contribution is -2.36. The molecule has 2 rings (SSSR count). The predicted molar refractivity (Wildman–Crippen MR) is 46.5 cm³/mol. The standard InChI is InChI=1S/C9H16O5/c1-9(2)13-6-5(10-3)7(11-4)12-8(6)14-9/h5-8H,1-4H3/t5-,6-,7?,8-/m1/s1. The molecule has 0 N–H and O–H groups in total. The Kier molecular flexibility index (Phi) is 2.53. The Morgan fingerprint density at radius 2 is 1.79 bits per heavy atom. The van der Waals surface area contributed by atoms with Crippen LogP contribution in [-0.4, -0.2) is 44.8 Å². The van der Waals surface area contributed by atoms with E-state index in [9.17, 15) is 0 Å². The van der Waals surface area contributed by atoms with Gasteiger partial charge < -0.3 is 23.7 Å². The van der Waals surface area contributed by atoms with E-state index in [1.54, 1.807) is 14.2 Å². The quantitative estimate of drug-likeness (QED) is 0.654. The summed E-state index contributed by atoms with van der Waals surface area (Å²) in [6.45, 7) is 3.70. The summed E-state index contributed by atoms with van der Waals surface area (Å²) in [5.41, 5.74) is 0. The van der Waals surface area contributed by atoms with Crippen LogP contribution in [0.1, 0.15) is 13.8 Å². The first-order valence-electron chi connectivity index (χ1n) is 4.64. The fourth-order valence-electron chi connectivity index (χ4n) is 1.88. The maximum Gasteiger partial charge on any atom is 0.193 e. The van der Waals surface area contributed by atoms with E-state index in [2.05, 4.69) is 0 Å². The van der Waals surface area contributed by atoms with Crippen molar-refractivity contribution in [3.8, 4) is 0 Å². The van der Waals surface area contributed by atoms with E-state index >= 15 is 0 Å². The highest BCUT2D eigenvalue weighted by molar-refractivity contribution is 4.90. The van der Waals surface area contributed by atoms with Crippen LogP contribution in [0.4, 0.5) is 0 Å². The molecule has 0 amide bonds. The number of rotatable bonds is 2. The third-order valence-corrected chi connectivity index (χ3v) is 2.45. The minimum atomic E-state index is -0.606. The van der Waals surface area contributed by atoms with Crippen molar-refractivity contribution in [2.75, 3.05) is 14.2 Å². The molecule has 0 aromatic rings. The Hall–Kier alpha value is -0.200. The van der Waals surface area contributed by atoms with Crippen molar-refractivity contribution in [1.82, 2.24) is 0 Å². The summed E-state index contributed by atoms with van der Waals surface area (Å²) in [6, 6.07) is 0. The van der Waals surface area contributed by atoms with Gasteiger partial charge in [0.15, 0.2) is 18.4 Å². The molecule has 0 aromatic heterocycles. The van der Waals surface area contributed by atoms with Crippen molar-refractivity contribution < 1.29 is 23.7 Å². The normalized spacial score (nSPS) is 45.4. The van der Waals surface area contributed by atoms with Crippen molar-refractivity contribution in [3.05, 3.63) is 0 Å². The average Bonchev–Trinajstić information content (AvgIpc) is 2.55. The fraction of sp³-hybridized carbons (Fsp3) is 1.00. The van der Waals surface area contributed by atoms with Crippen LogP contribution in [-0.2, 0) is 23.7 Å². The molecule has 4 atom stereocenters. The predicted octanol–water partition coefficient (Wildman–Crippen LogP) is 0.482. The number of fused-ring (bicyclic) bond motifs is 1. The lowest BCUT2D eigenvalue weighted by atomic mass is 10.2. The van der Waals surface area contributed by atoms with Gasteiger partial charge in [0.05, 0.1) is 0 Å². The topological polar surface area (TPSA) is 46.2 Å². The molecule has 2 heterocycles. The summed E-state index contributed by atoms with van der Waals surface area (Å²) >= 11 is 0. The number of ether oxygens (including phenoxy) is 5. The Bertz CT molecular complexity index is 217. The van der Waals surface area contributed by atoms with Crippen LogP contribution in [0.5, 0.6) is 0 Å². The Morgan fingerprint density at radius 3 is 2.36 bits per heavy atom. The first kappa shape index (κ1) is 10.3. The van der Waals surface area contributed by atoms with Crippen LogP contribution in [0, 0.1) is 0 Å². The molecule has 2 aliphatic heterocycles. The summed E-state index contributed by atoms with van der Waals surface area (Å²) in [4.78, 5) is 0. The largest absolute Gasteiger partial charge is 0.373 e. The lowest BCUT2D eigenvalue weighted by Gasteiger charge is -2.23. The van der Waals surface area contributed by atoms with Gasteiger partial charge in [-0.05, 0) is 13.8 Å². The second kappa shape index (κ2) is 3.43. The summed E-state index contributed by atoms with van der Waals surface area (Å²) in [5.74, 6) is -0.606. The van der Waals surface area contributed by atoms with E-state index in [0.29, 0.717) is 0 Å². The minimum Gasteiger partial charge on any atom is -0.373 e. The molecule has 0 aromatic carbocycles. The molecule has 2 fully saturated rings. The Balaban J connectivity index is 2.09. The van der Waals surface area contributed by atoms with Crippen molar-refractivity contribution >= 4 is 0 Å².